The minimum absolute atomic E-state index is 0.210. The summed E-state index contributed by atoms with van der Waals surface area (Å²) in [4.78, 5) is 0. The Labute approximate surface area is 92.1 Å². The van der Waals surface area contributed by atoms with Crippen LogP contribution in [0.2, 0.25) is 0 Å². The first-order chi connectivity index (χ1) is 6.67. The third-order valence-corrected chi connectivity index (χ3v) is 1.92. The zero-order valence-corrected chi connectivity index (χ0v) is 10.7. The maximum Gasteiger partial charge on any atom is 0.151 e. The van der Waals surface area contributed by atoms with E-state index in [1.807, 2.05) is 4.68 Å². The molecule has 0 atom stereocenters. The van der Waals surface area contributed by atoms with E-state index in [0.717, 1.165) is 18.8 Å². The van der Waals surface area contributed by atoms with Crippen LogP contribution in [0.4, 0.5) is 0 Å². The van der Waals surface area contributed by atoms with Gasteiger partial charge < -0.3 is 0 Å². The molecule has 0 aliphatic rings. The normalized spacial score (nSPS) is 13.2. The summed E-state index contributed by atoms with van der Waals surface area (Å²) in [5.41, 5.74) is 0.437. The predicted molar refractivity (Wildman–Crippen MR) is 60.4 cm³/mol. The molecule has 0 aliphatic heterocycles. The van der Waals surface area contributed by atoms with Crippen molar-refractivity contribution in [2.24, 2.45) is 10.8 Å². The van der Waals surface area contributed by atoms with Crippen molar-refractivity contribution in [3.63, 3.8) is 0 Å². The lowest BCUT2D eigenvalue weighted by Crippen LogP contribution is -2.21. The van der Waals surface area contributed by atoms with E-state index in [0.29, 0.717) is 0 Å². The molecule has 1 heterocycles. The van der Waals surface area contributed by atoms with Crippen molar-refractivity contribution >= 4 is 0 Å². The van der Waals surface area contributed by atoms with Gasteiger partial charge in [0.25, 0.3) is 0 Å². The van der Waals surface area contributed by atoms with Crippen LogP contribution in [0.3, 0.4) is 0 Å². The fourth-order valence-electron chi connectivity index (χ4n) is 1.40. The van der Waals surface area contributed by atoms with Gasteiger partial charge in [0.2, 0.25) is 0 Å². The van der Waals surface area contributed by atoms with Gasteiger partial charge >= 0.3 is 0 Å². The Morgan fingerprint density at radius 3 is 2.07 bits per heavy atom. The standard InChI is InChI=1S/C11H22N4/c1-10(2,3)7-9-12-13-14-15(9)8-11(4,5)6/h7-8H2,1-6H3. The molecule has 86 valence electrons. The first-order valence-corrected chi connectivity index (χ1v) is 5.42. The van der Waals surface area contributed by atoms with E-state index >= 15 is 0 Å². The van der Waals surface area contributed by atoms with Crippen LogP contribution in [-0.2, 0) is 13.0 Å². The third-order valence-electron chi connectivity index (χ3n) is 1.92. The van der Waals surface area contributed by atoms with Crippen LogP contribution in [0.15, 0.2) is 0 Å². The molecule has 0 saturated heterocycles. The Morgan fingerprint density at radius 1 is 1.00 bits per heavy atom. The number of hydrogen-bond acceptors (Lipinski definition) is 3. The molecule has 0 unspecified atom stereocenters. The van der Waals surface area contributed by atoms with Crippen molar-refractivity contribution in [1.29, 1.82) is 0 Å². The number of aromatic nitrogens is 4. The molecule has 0 amide bonds. The maximum absolute atomic E-state index is 4.09. The molecule has 15 heavy (non-hydrogen) atoms. The van der Waals surface area contributed by atoms with E-state index in [2.05, 4.69) is 57.1 Å². The Balaban J connectivity index is 2.79. The van der Waals surface area contributed by atoms with Crippen LogP contribution in [-0.4, -0.2) is 20.2 Å². The Bertz CT molecular complexity index is 284. The van der Waals surface area contributed by atoms with Gasteiger partial charge in [0.05, 0.1) is 0 Å². The van der Waals surface area contributed by atoms with Crippen LogP contribution in [0.5, 0.6) is 0 Å². The number of hydrogen-bond donors (Lipinski definition) is 0. The van der Waals surface area contributed by atoms with Crippen LogP contribution in [0.25, 0.3) is 0 Å². The van der Waals surface area contributed by atoms with E-state index in [1.165, 1.54) is 0 Å². The number of tetrazole rings is 1. The smallest absolute Gasteiger partial charge is 0.151 e. The van der Waals surface area contributed by atoms with Crippen molar-refractivity contribution in [2.45, 2.75) is 54.5 Å². The van der Waals surface area contributed by atoms with Gasteiger partial charge in [-0.15, -0.1) is 5.10 Å². The monoisotopic (exact) mass is 210 g/mol. The first kappa shape index (κ1) is 12.1. The van der Waals surface area contributed by atoms with E-state index in [-0.39, 0.29) is 10.8 Å². The largest absolute Gasteiger partial charge is 0.229 e. The molecule has 1 aromatic heterocycles. The second-order valence-corrected chi connectivity index (χ2v) is 6.55. The molecule has 0 bridgehead atoms. The molecule has 1 aromatic rings. The zero-order chi connectivity index (χ0) is 11.7. The molecule has 0 aromatic carbocycles. The molecular formula is C11H22N4. The van der Waals surface area contributed by atoms with Crippen LogP contribution in [0, 0.1) is 10.8 Å². The van der Waals surface area contributed by atoms with Gasteiger partial charge in [-0.1, -0.05) is 41.5 Å². The molecular weight excluding hydrogens is 188 g/mol. The molecule has 0 radical (unpaired) electrons. The Morgan fingerprint density at radius 2 is 1.60 bits per heavy atom. The highest BCUT2D eigenvalue weighted by Gasteiger charge is 2.20. The number of nitrogens with zero attached hydrogens (tertiary/aromatic N) is 4. The summed E-state index contributed by atoms with van der Waals surface area (Å²) in [6.45, 7) is 14.0. The second kappa shape index (κ2) is 3.91. The van der Waals surface area contributed by atoms with Crippen molar-refractivity contribution < 1.29 is 0 Å². The molecule has 4 nitrogen and oxygen atoms in total. The lowest BCUT2D eigenvalue weighted by atomic mass is 9.91. The minimum atomic E-state index is 0.210. The van der Waals surface area contributed by atoms with Gasteiger partial charge in [-0.25, -0.2) is 4.68 Å². The molecule has 0 fully saturated rings. The summed E-state index contributed by atoms with van der Waals surface area (Å²) in [6.07, 6.45) is 0.913. The highest BCUT2D eigenvalue weighted by Crippen LogP contribution is 2.21. The Hall–Kier alpha value is -0.930. The van der Waals surface area contributed by atoms with Gasteiger partial charge in [-0.3, -0.25) is 0 Å². The van der Waals surface area contributed by atoms with Gasteiger partial charge in [0.1, 0.15) is 0 Å². The van der Waals surface area contributed by atoms with Crippen molar-refractivity contribution in [3.8, 4) is 0 Å². The first-order valence-electron chi connectivity index (χ1n) is 5.42. The number of rotatable bonds is 2. The highest BCUT2D eigenvalue weighted by atomic mass is 15.5. The molecule has 4 heteroatoms. The van der Waals surface area contributed by atoms with Gasteiger partial charge in [-0.2, -0.15) is 0 Å². The van der Waals surface area contributed by atoms with Crippen molar-refractivity contribution in [3.05, 3.63) is 5.82 Å². The third kappa shape index (κ3) is 4.40. The van der Waals surface area contributed by atoms with E-state index in [4.69, 9.17) is 0 Å². The summed E-state index contributed by atoms with van der Waals surface area (Å²) in [6, 6.07) is 0. The zero-order valence-electron chi connectivity index (χ0n) is 10.7. The average Bonchev–Trinajstić information content (AvgIpc) is 2.29. The van der Waals surface area contributed by atoms with Gasteiger partial charge in [-0.05, 0) is 21.3 Å². The lowest BCUT2D eigenvalue weighted by molar-refractivity contribution is 0.303. The van der Waals surface area contributed by atoms with Crippen LogP contribution in [0.1, 0.15) is 47.4 Å². The molecule has 0 N–H and O–H groups in total. The molecule has 0 saturated carbocycles. The van der Waals surface area contributed by atoms with Crippen LogP contribution >= 0.6 is 0 Å². The van der Waals surface area contributed by atoms with Gasteiger partial charge in [0, 0.05) is 13.0 Å². The summed E-state index contributed by atoms with van der Waals surface area (Å²) >= 11 is 0. The maximum atomic E-state index is 4.09. The second-order valence-electron chi connectivity index (χ2n) is 6.55. The molecule has 1 rings (SSSR count). The topological polar surface area (TPSA) is 43.6 Å². The highest BCUT2D eigenvalue weighted by molar-refractivity contribution is 4.87. The summed E-state index contributed by atoms with van der Waals surface area (Å²) in [5.74, 6) is 0.984. The van der Waals surface area contributed by atoms with E-state index < -0.39 is 0 Å². The van der Waals surface area contributed by atoms with Gasteiger partial charge in [0.15, 0.2) is 5.82 Å². The van der Waals surface area contributed by atoms with Crippen LogP contribution < -0.4 is 0 Å². The molecule has 0 spiro atoms. The van der Waals surface area contributed by atoms with E-state index in [9.17, 15) is 0 Å². The summed E-state index contributed by atoms with van der Waals surface area (Å²) in [5, 5.41) is 11.9. The Kier molecular flexibility index (Phi) is 3.16. The van der Waals surface area contributed by atoms with Crippen molar-refractivity contribution in [1.82, 2.24) is 20.2 Å². The summed E-state index contributed by atoms with van der Waals surface area (Å²) < 4.78 is 1.92. The minimum Gasteiger partial charge on any atom is -0.229 e. The van der Waals surface area contributed by atoms with E-state index in [1.54, 1.807) is 0 Å². The molecule has 0 aliphatic carbocycles. The fraction of sp³-hybridized carbons (Fsp3) is 0.909. The average molecular weight is 210 g/mol. The van der Waals surface area contributed by atoms with Crippen molar-refractivity contribution in [2.75, 3.05) is 0 Å². The SMILES string of the molecule is CC(C)(C)Cc1nnnn1CC(C)(C)C. The fourth-order valence-corrected chi connectivity index (χ4v) is 1.40. The lowest BCUT2D eigenvalue weighted by Gasteiger charge is -2.21. The predicted octanol–water partition coefficient (Wildman–Crippen LogP) is 2.31. The quantitative estimate of drug-likeness (QED) is 0.752. The summed E-state index contributed by atoms with van der Waals surface area (Å²) in [7, 11) is 0.